The Kier molecular flexibility index (Phi) is 7.41. The monoisotopic (exact) mass is 399 g/mol. The normalized spacial score (nSPS) is 15.3. The Balaban J connectivity index is 1.45. The number of nitrogens with two attached hydrogens (primary N) is 1. The topological polar surface area (TPSA) is 91.6 Å². The molecule has 3 N–H and O–H groups in total. The second kappa shape index (κ2) is 10.2. The zero-order valence-corrected chi connectivity index (χ0v) is 16.5. The number of anilines is 1. The number of thioether (sulfide) groups is 1. The Labute approximate surface area is 169 Å². The minimum Gasteiger partial charge on any atom is -0.369 e. The molecular weight excluding hydrogens is 374 g/mol. The molecule has 2 aromatic rings. The molecule has 1 aromatic carbocycles. The summed E-state index contributed by atoms with van der Waals surface area (Å²) in [6, 6.07) is 13.4. The van der Waals surface area contributed by atoms with Gasteiger partial charge in [-0.1, -0.05) is 18.2 Å². The fourth-order valence-corrected chi connectivity index (χ4v) is 3.81. The van der Waals surface area contributed by atoms with E-state index in [4.69, 9.17) is 5.73 Å². The van der Waals surface area contributed by atoms with Crippen LogP contribution in [0.2, 0.25) is 0 Å². The SMILES string of the molecule is NC(=O)CSc1ccccc1NC(=O)CN1CCN(Cc2ccccn2)CC1. The average Bonchev–Trinajstić information content (AvgIpc) is 2.69. The number of piperazine rings is 1. The maximum Gasteiger partial charge on any atom is 0.238 e. The second-order valence-corrected chi connectivity index (χ2v) is 7.69. The number of nitrogens with zero attached hydrogens (tertiary/aromatic N) is 3. The highest BCUT2D eigenvalue weighted by molar-refractivity contribution is 8.00. The van der Waals surface area contributed by atoms with Crippen molar-refractivity contribution in [2.24, 2.45) is 5.73 Å². The van der Waals surface area contributed by atoms with Crippen LogP contribution in [0.1, 0.15) is 5.69 Å². The van der Waals surface area contributed by atoms with Gasteiger partial charge >= 0.3 is 0 Å². The van der Waals surface area contributed by atoms with E-state index in [-0.39, 0.29) is 17.6 Å². The van der Waals surface area contributed by atoms with Crippen molar-refractivity contribution < 1.29 is 9.59 Å². The fraction of sp³-hybridized carbons (Fsp3) is 0.350. The van der Waals surface area contributed by atoms with Gasteiger partial charge in [0.05, 0.1) is 23.7 Å². The van der Waals surface area contributed by atoms with Crippen molar-refractivity contribution in [1.29, 1.82) is 0 Å². The first kappa shape index (κ1) is 20.3. The standard InChI is InChI=1S/C20H25N5O2S/c21-19(26)15-28-18-7-2-1-6-17(18)23-20(27)14-25-11-9-24(10-12-25)13-16-5-3-4-8-22-16/h1-8H,9-15H2,(H2,21,26)(H,23,27). The van der Waals surface area contributed by atoms with Crippen molar-refractivity contribution in [2.45, 2.75) is 11.4 Å². The molecule has 0 unspecified atom stereocenters. The molecule has 2 heterocycles. The number of hydrogen-bond donors (Lipinski definition) is 2. The van der Waals surface area contributed by atoms with E-state index in [1.165, 1.54) is 11.8 Å². The lowest BCUT2D eigenvalue weighted by molar-refractivity contribution is -0.118. The number of para-hydroxylation sites is 1. The van der Waals surface area contributed by atoms with E-state index in [0.717, 1.165) is 43.3 Å². The van der Waals surface area contributed by atoms with Crippen molar-refractivity contribution in [3.8, 4) is 0 Å². The van der Waals surface area contributed by atoms with Crippen LogP contribution < -0.4 is 11.1 Å². The van der Waals surface area contributed by atoms with E-state index in [1.807, 2.05) is 48.7 Å². The molecule has 1 aliphatic heterocycles. The molecule has 1 saturated heterocycles. The van der Waals surface area contributed by atoms with Gasteiger partial charge in [-0.2, -0.15) is 0 Å². The summed E-state index contributed by atoms with van der Waals surface area (Å²) in [5.74, 6) is -0.245. The summed E-state index contributed by atoms with van der Waals surface area (Å²) in [4.78, 5) is 33.2. The molecule has 8 heteroatoms. The van der Waals surface area contributed by atoms with Crippen LogP contribution in [0.5, 0.6) is 0 Å². The van der Waals surface area contributed by atoms with Crippen LogP contribution in [-0.2, 0) is 16.1 Å². The molecule has 0 bridgehead atoms. The summed E-state index contributed by atoms with van der Waals surface area (Å²) in [5.41, 5.74) is 7.00. The van der Waals surface area contributed by atoms with Gasteiger partial charge in [-0.25, -0.2) is 0 Å². The van der Waals surface area contributed by atoms with E-state index in [2.05, 4.69) is 20.1 Å². The van der Waals surface area contributed by atoms with E-state index in [1.54, 1.807) is 0 Å². The summed E-state index contributed by atoms with van der Waals surface area (Å²) < 4.78 is 0. The highest BCUT2D eigenvalue weighted by atomic mass is 32.2. The molecule has 0 radical (unpaired) electrons. The van der Waals surface area contributed by atoms with Crippen LogP contribution >= 0.6 is 11.8 Å². The zero-order valence-electron chi connectivity index (χ0n) is 15.7. The molecule has 1 aromatic heterocycles. The van der Waals surface area contributed by atoms with Crippen LogP contribution in [0.15, 0.2) is 53.6 Å². The minimum atomic E-state index is -0.380. The van der Waals surface area contributed by atoms with Gasteiger partial charge in [-0.15, -0.1) is 11.8 Å². The lowest BCUT2D eigenvalue weighted by Crippen LogP contribution is -2.48. The number of hydrogen-bond acceptors (Lipinski definition) is 6. The lowest BCUT2D eigenvalue weighted by atomic mass is 10.2. The third-order valence-electron chi connectivity index (χ3n) is 4.47. The Morgan fingerprint density at radius 3 is 2.46 bits per heavy atom. The molecule has 3 rings (SSSR count). The Bertz CT molecular complexity index is 794. The van der Waals surface area contributed by atoms with Crippen LogP contribution in [0, 0.1) is 0 Å². The molecule has 28 heavy (non-hydrogen) atoms. The van der Waals surface area contributed by atoms with E-state index in [9.17, 15) is 9.59 Å². The van der Waals surface area contributed by atoms with Gasteiger partial charge in [0.15, 0.2) is 0 Å². The van der Waals surface area contributed by atoms with Gasteiger partial charge in [-0.3, -0.25) is 24.4 Å². The molecule has 0 saturated carbocycles. The van der Waals surface area contributed by atoms with Crippen molar-refractivity contribution in [2.75, 3.05) is 43.8 Å². The lowest BCUT2D eigenvalue weighted by Gasteiger charge is -2.34. The smallest absolute Gasteiger partial charge is 0.238 e. The number of benzene rings is 1. The quantitative estimate of drug-likeness (QED) is 0.653. The van der Waals surface area contributed by atoms with E-state index in [0.29, 0.717) is 12.2 Å². The van der Waals surface area contributed by atoms with Crippen molar-refractivity contribution >= 4 is 29.3 Å². The minimum absolute atomic E-state index is 0.0506. The Hall–Kier alpha value is -2.42. The number of amides is 2. The first-order valence-electron chi connectivity index (χ1n) is 9.25. The highest BCUT2D eigenvalue weighted by Crippen LogP contribution is 2.26. The van der Waals surface area contributed by atoms with E-state index < -0.39 is 0 Å². The summed E-state index contributed by atoms with van der Waals surface area (Å²) in [7, 11) is 0. The summed E-state index contributed by atoms with van der Waals surface area (Å²) in [6.07, 6.45) is 1.81. The van der Waals surface area contributed by atoms with Crippen LogP contribution in [0.25, 0.3) is 0 Å². The largest absolute Gasteiger partial charge is 0.369 e. The van der Waals surface area contributed by atoms with Gasteiger partial charge in [0, 0.05) is 43.8 Å². The predicted octanol–water partition coefficient (Wildman–Crippen LogP) is 1.42. The van der Waals surface area contributed by atoms with Gasteiger partial charge in [0.2, 0.25) is 11.8 Å². The Morgan fingerprint density at radius 2 is 1.75 bits per heavy atom. The maximum atomic E-state index is 12.5. The molecule has 2 amide bonds. The number of carbonyl (C=O) groups is 2. The molecule has 1 fully saturated rings. The molecule has 1 aliphatic rings. The molecule has 148 valence electrons. The van der Waals surface area contributed by atoms with Crippen molar-refractivity contribution in [3.05, 3.63) is 54.4 Å². The number of pyridine rings is 1. The van der Waals surface area contributed by atoms with Crippen molar-refractivity contribution in [1.82, 2.24) is 14.8 Å². The van der Waals surface area contributed by atoms with Gasteiger partial charge in [0.25, 0.3) is 0 Å². The fourth-order valence-electron chi connectivity index (χ4n) is 3.06. The van der Waals surface area contributed by atoms with Gasteiger partial charge < -0.3 is 11.1 Å². The Morgan fingerprint density at radius 1 is 1.04 bits per heavy atom. The van der Waals surface area contributed by atoms with Crippen LogP contribution in [-0.4, -0.2) is 65.1 Å². The van der Waals surface area contributed by atoms with Crippen molar-refractivity contribution in [3.63, 3.8) is 0 Å². The molecule has 0 spiro atoms. The number of rotatable bonds is 8. The van der Waals surface area contributed by atoms with Crippen LogP contribution in [0.3, 0.4) is 0 Å². The third-order valence-corrected chi connectivity index (χ3v) is 5.57. The summed E-state index contributed by atoms with van der Waals surface area (Å²) in [6.45, 7) is 4.71. The predicted molar refractivity (Wildman–Crippen MR) is 111 cm³/mol. The van der Waals surface area contributed by atoms with Gasteiger partial charge in [0.1, 0.15) is 0 Å². The van der Waals surface area contributed by atoms with E-state index >= 15 is 0 Å². The molecule has 0 aliphatic carbocycles. The average molecular weight is 400 g/mol. The number of carbonyl (C=O) groups excluding carboxylic acids is 2. The molecular formula is C20H25N5O2S. The van der Waals surface area contributed by atoms with Gasteiger partial charge in [-0.05, 0) is 24.3 Å². The number of aromatic nitrogens is 1. The van der Waals surface area contributed by atoms with Crippen LogP contribution in [0.4, 0.5) is 5.69 Å². The second-order valence-electron chi connectivity index (χ2n) is 6.67. The number of primary amides is 1. The molecule has 7 nitrogen and oxygen atoms in total. The first-order valence-corrected chi connectivity index (χ1v) is 10.2. The first-order chi connectivity index (χ1) is 13.6. The summed E-state index contributed by atoms with van der Waals surface area (Å²) in [5, 5.41) is 2.96. The summed E-state index contributed by atoms with van der Waals surface area (Å²) >= 11 is 1.33. The number of nitrogens with one attached hydrogen (secondary N) is 1. The maximum absolute atomic E-state index is 12.5. The molecule has 0 atom stereocenters. The zero-order chi connectivity index (χ0) is 19.8. The third kappa shape index (κ3) is 6.33. The highest BCUT2D eigenvalue weighted by Gasteiger charge is 2.19.